The largest absolute Gasteiger partial charge is 0.379 e. The molecule has 0 saturated carbocycles. The van der Waals surface area contributed by atoms with Gasteiger partial charge in [-0.05, 0) is 32.7 Å². The lowest BCUT2D eigenvalue weighted by atomic mass is 9.92. The Morgan fingerprint density at radius 3 is 2.77 bits per heavy atom. The van der Waals surface area contributed by atoms with Gasteiger partial charge < -0.3 is 15.2 Å². The van der Waals surface area contributed by atoms with Crippen LogP contribution >= 0.6 is 0 Å². The lowest BCUT2D eigenvalue weighted by Crippen LogP contribution is -2.33. The highest BCUT2D eigenvalue weighted by Crippen LogP contribution is 2.28. The third-order valence-corrected chi connectivity index (χ3v) is 2.89. The second-order valence-corrected chi connectivity index (χ2v) is 4.36. The minimum absolute atomic E-state index is 0.0948. The third-order valence-electron chi connectivity index (χ3n) is 2.89. The first-order chi connectivity index (χ1) is 6.09. The van der Waals surface area contributed by atoms with Crippen LogP contribution in [0.15, 0.2) is 0 Å². The molecule has 0 bridgehead atoms. The van der Waals surface area contributed by atoms with Crippen LogP contribution < -0.4 is 5.73 Å². The molecule has 1 saturated heterocycles. The molecule has 1 rings (SSSR count). The molecule has 0 amide bonds. The van der Waals surface area contributed by atoms with E-state index in [1.54, 1.807) is 7.11 Å². The van der Waals surface area contributed by atoms with Crippen LogP contribution in [0.25, 0.3) is 0 Å². The molecule has 0 aliphatic carbocycles. The molecule has 78 valence electrons. The predicted molar refractivity (Wildman–Crippen MR) is 52.6 cm³/mol. The van der Waals surface area contributed by atoms with Crippen molar-refractivity contribution in [3.8, 4) is 0 Å². The summed E-state index contributed by atoms with van der Waals surface area (Å²) >= 11 is 0. The van der Waals surface area contributed by atoms with Crippen molar-refractivity contribution in [2.75, 3.05) is 20.3 Å². The lowest BCUT2D eigenvalue weighted by Gasteiger charge is -2.28. The van der Waals surface area contributed by atoms with E-state index in [9.17, 15) is 0 Å². The normalized spacial score (nSPS) is 29.5. The van der Waals surface area contributed by atoms with E-state index >= 15 is 0 Å². The van der Waals surface area contributed by atoms with Crippen molar-refractivity contribution in [1.29, 1.82) is 0 Å². The maximum absolute atomic E-state index is 5.66. The molecule has 1 aliphatic heterocycles. The number of ether oxygens (including phenoxy) is 2. The van der Waals surface area contributed by atoms with E-state index < -0.39 is 0 Å². The molecule has 0 aromatic heterocycles. The first-order valence-electron chi connectivity index (χ1n) is 4.96. The summed E-state index contributed by atoms with van der Waals surface area (Å²) in [5, 5.41) is 0. The molecule has 2 N–H and O–H groups in total. The van der Waals surface area contributed by atoms with Crippen molar-refractivity contribution in [2.45, 2.75) is 38.4 Å². The molecule has 1 aliphatic rings. The second-order valence-electron chi connectivity index (χ2n) is 4.36. The summed E-state index contributed by atoms with van der Waals surface area (Å²) < 4.78 is 11.0. The molecule has 0 aromatic rings. The number of nitrogens with two attached hydrogens (primary N) is 1. The molecule has 0 radical (unpaired) electrons. The topological polar surface area (TPSA) is 44.5 Å². The molecule has 3 heteroatoms. The maximum Gasteiger partial charge on any atom is 0.0647 e. The van der Waals surface area contributed by atoms with Crippen molar-refractivity contribution in [1.82, 2.24) is 0 Å². The number of rotatable bonds is 4. The summed E-state index contributed by atoms with van der Waals surface area (Å²) in [6.45, 7) is 5.75. The van der Waals surface area contributed by atoms with E-state index in [0.717, 1.165) is 26.0 Å². The smallest absolute Gasteiger partial charge is 0.0647 e. The number of hydrogen-bond donors (Lipinski definition) is 1. The zero-order chi connectivity index (χ0) is 9.90. The number of hydrogen-bond acceptors (Lipinski definition) is 3. The van der Waals surface area contributed by atoms with E-state index in [-0.39, 0.29) is 5.60 Å². The monoisotopic (exact) mass is 187 g/mol. The fourth-order valence-electron chi connectivity index (χ4n) is 1.76. The zero-order valence-electron chi connectivity index (χ0n) is 8.88. The number of methoxy groups -OCH3 is 1. The fraction of sp³-hybridized carbons (Fsp3) is 1.00. The van der Waals surface area contributed by atoms with E-state index in [0.29, 0.717) is 12.0 Å². The molecule has 2 atom stereocenters. The van der Waals surface area contributed by atoms with Crippen molar-refractivity contribution in [3.63, 3.8) is 0 Å². The summed E-state index contributed by atoms with van der Waals surface area (Å²) in [5.74, 6) is 0.523. The Kier molecular flexibility index (Phi) is 3.71. The molecule has 2 unspecified atom stereocenters. The van der Waals surface area contributed by atoms with Crippen LogP contribution in [0.5, 0.6) is 0 Å². The van der Waals surface area contributed by atoms with Crippen LogP contribution in [0.2, 0.25) is 0 Å². The molecular weight excluding hydrogens is 166 g/mol. The van der Waals surface area contributed by atoms with Gasteiger partial charge >= 0.3 is 0 Å². The van der Waals surface area contributed by atoms with Gasteiger partial charge in [-0.15, -0.1) is 0 Å². The van der Waals surface area contributed by atoms with Crippen LogP contribution in [-0.2, 0) is 9.47 Å². The molecule has 1 heterocycles. The molecule has 0 aromatic carbocycles. The van der Waals surface area contributed by atoms with Gasteiger partial charge in [-0.1, -0.05) is 0 Å². The molecule has 1 fully saturated rings. The van der Waals surface area contributed by atoms with Crippen LogP contribution in [0.1, 0.15) is 26.7 Å². The van der Waals surface area contributed by atoms with Gasteiger partial charge in [0.25, 0.3) is 0 Å². The van der Waals surface area contributed by atoms with Gasteiger partial charge in [0.2, 0.25) is 0 Å². The van der Waals surface area contributed by atoms with Crippen molar-refractivity contribution in [3.05, 3.63) is 0 Å². The Morgan fingerprint density at radius 1 is 1.54 bits per heavy atom. The van der Waals surface area contributed by atoms with Crippen LogP contribution in [0.3, 0.4) is 0 Å². The summed E-state index contributed by atoms with van der Waals surface area (Å²) in [5.41, 5.74) is 5.57. The Bertz CT molecular complexity index is 159. The summed E-state index contributed by atoms with van der Waals surface area (Å²) in [6, 6.07) is 0. The van der Waals surface area contributed by atoms with Crippen LogP contribution in [0, 0.1) is 5.92 Å². The average molecular weight is 187 g/mol. The minimum Gasteiger partial charge on any atom is -0.379 e. The summed E-state index contributed by atoms with van der Waals surface area (Å²) in [7, 11) is 1.74. The Labute approximate surface area is 80.6 Å². The van der Waals surface area contributed by atoms with E-state index in [1.165, 1.54) is 0 Å². The maximum atomic E-state index is 5.66. The quantitative estimate of drug-likeness (QED) is 0.718. The highest BCUT2D eigenvalue weighted by atomic mass is 16.5. The van der Waals surface area contributed by atoms with E-state index in [4.69, 9.17) is 15.2 Å². The summed E-state index contributed by atoms with van der Waals surface area (Å²) in [6.07, 6.45) is 2.33. The standard InChI is InChI=1S/C10H21NO2/c1-10(2,12-3)6-9-8(7-11)4-5-13-9/h8-9H,4-7,11H2,1-3H3. The van der Waals surface area contributed by atoms with Crippen LogP contribution in [0.4, 0.5) is 0 Å². The second kappa shape index (κ2) is 4.40. The van der Waals surface area contributed by atoms with Gasteiger partial charge in [-0.2, -0.15) is 0 Å². The van der Waals surface area contributed by atoms with Gasteiger partial charge in [-0.3, -0.25) is 0 Å². The van der Waals surface area contributed by atoms with Crippen molar-refractivity contribution >= 4 is 0 Å². The Morgan fingerprint density at radius 2 is 2.23 bits per heavy atom. The summed E-state index contributed by atoms with van der Waals surface area (Å²) in [4.78, 5) is 0. The zero-order valence-corrected chi connectivity index (χ0v) is 8.88. The lowest BCUT2D eigenvalue weighted by molar-refractivity contribution is -0.0342. The average Bonchev–Trinajstić information content (AvgIpc) is 2.51. The van der Waals surface area contributed by atoms with Gasteiger partial charge in [0.05, 0.1) is 11.7 Å². The van der Waals surface area contributed by atoms with Crippen molar-refractivity contribution in [2.24, 2.45) is 11.7 Å². The van der Waals surface area contributed by atoms with E-state index in [1.807, 2.05) is 0 Å². The SMILES string of the molecule is COC(C)(C)CC1OCCC1CN. The Hall–Kier alpha value is -0.120. The molecule has 3 nitrogen and oxygen atoms in total. The van der Waals surface area contributed by atoms with Crippen LogP contribution in [-0.4, -0.2) is 32.0 Å². The predicted octanol–water partition coefficient (Wildman–Crippen LogP) is 1.17. The van der Waals surface area contributed by atoms with Gasteiger partial charge in [0.15, 0.2) is 0 Å². The van der Waals surface area contributed by atoms with Gasteiger partial charge in [0.1, 0.15) is 0 Å². The first kappa shape index (κ1) is 11.0. The van der Waals surface area contributed by atoms with E-state index in [2.05, 4.69) is 13.8 Å². The molecule has 0 spiro atoms. The first-order valence-corrected chi connectivity index (χ1v) is 4.96. The fourth-order valence-corrected chi connectivity index (χ4v) is 1.76. The Balaban J connectivity index is 2.43. The van der Waals surface area contributed by atoms with Gasteiger partial charge in [-0.25, -0.2) is 0 Å². The third kappa shape index (κ3) is 2.93. The molecule has 13 heavy (non-hydrogen) atoms. The minimum atomic E-state index is -0.0948. The molecular formula is C10H21NO2. The highest BCUT2D eigenvalue weighted by Gasteiger charge is 2.32. The van der Waals surface area contributed by atoms with Crippen molar-refractivity contribution < 1.29 is 9.47 Å². The van der Waals surface area contributed by atoms with Gasteiger partial charge in [0, 0.05) is 20.1 Å². The highest BCUT2D eigenvalue weighted by molar-refractivity contribution is 4.83.